The highest BCUT2D eigenvalue weighted by molar-refractivity contribution is 7.51. The number of aliphatic carboxylic acids is 1. The molecule has 0 bridgehead atoms. The Labute approximate surface area is 369 Å². The second-order valence-corrected chi connectivity index (χ2v) is 17.4. The van der Waals surface area contributed by atoms with E-state index in [2.05, 4.69) is 30.4 Å². The molecular formula is C43H51ClFN4O13P. The summed E-state index contributed by atoms with van der Waals surface area (Å²) in [5, 5.41) is 13.9. The van der Waals surface area contributed by atoms with E-state index in [0.717, 1.165) is 46.6 Å². The molecule has 63 heavy (non-hydrogen) atoms. The predicted octanol–water partition coefficient (Wildman–Crippen LogP) is 7.35. The molecule has 2 atom stereocenters. The van der Waals surface area contributed by atoms with E-state index in [0.29, 0.717) is 41.2 Å². The number of imide groups is 1. The Balaban J connectivity index is 0.000000231. The molecule has 0 fully saturated rings. The van der Waals surface area contributed by atoms with Crippen molar-refractivity contribution in [2.45, 2.75) is 77.1 Å². The summed E-state index contributed by atoms with van der Waals surface area (Å²) in [6.45, 7) is 7.50. The minimum Gasteiger partial charge on any atom is -0.480 e. The Hall–Kier alpha value is -5.51. The van der Waals surface area contributed by atoms with Crippen LogP contribution < -0.4 is 29.7 Å². The highest BCUT2D eigenvalue weighted by Gasteiger charge is 2.43. The number of nitrogens with zero attached hydrogens (tertiary/aromatic N) is 2. The van der Waals surface area contributed by atoms with Crippen LogP contribution in [0.1, 0.15) is 65.4 Å². The van der Waals surface area contributed by atoms with Gasteiger partial charge in [0.25, 0.3) is 11.8 Å². The summed E-state index contributed by atoms with van der Waals surface area (Å²) in [4.78, 5) is 68.8. The fourth-order valence-electron chi connectivity index (χ4n) is 6.79. The number of carbonyl (C=O) groups excluding carboxylic acids is 3. The molecule has 0 spiro atoms. The number of amides is 4. The van der Waals surface area contributed by atoms with Gasteiger partial charge in [-0.05, 0) is 74.4 Å². The minimum atomic E-state index is -4.10. The monoisotopic (exact) mass is 916 g/mol. The van der Waals surface area contributed by atoms with Gasteiger partial charge in [-0.2, -0.15) is 0 Å². The molecule has 6 rings (SSSR count). The first-order chi connectivity index (χ1) is 29.5. The number of halogens is 2. The van der Waals surface area contributed by atoms with Gasteiger partial charge < -0.3 is 39.2 Å². The highest BCUT2D eigenvalue weighted by atomic mass is 35.5. The summed E-state index contributed by atoms with van der Waals surface area (Å²) in [7, 11) is 0.517. The maximum atomic E-state index is 14.4. The van der Waals surface area contributed by atoms with Gasteiger partial charge in [-0.25, -0.2) is 19.1 Å². The number of urea groups is 1. The van der Waals surface area contributed by atoms with Crippen molar-refractivity contribution in [3.8, 4) is 35.3 Å². The summed E-state index contributed by atoms with van der Waals surface area (Å²) >= 11 is 5.97. The van der Waals surface area contributed by atoms with E-state index in [-0.39, 0.29) is 27.9 Å². The number of hydrogen-bond acceptors (Lipinski definition) is 11. The number of hydroxylamine groups is 2. The lowest BCUT2D eigenvalue weighted by atomic mass is 9.76. The normalized spacial score (nSPS) is 17.9. The summed E-state index contributed by atoms with van der Waals surface area (Å²) in [6.07, 6.45) is 7.63. The van der Waals surface area contributed by atoms with Crippen LogP contribution in [0, 0.1) is 18.2 Å². The number of nitrogens with one attached hydrogen (secondary N) is 2. The number of carboxylic acid groups (broad SMARTS) is 1. The van der Waals surface area contributed by atoms with Crippen molar-refractivity contribution < 1.29 is 66.8 Å². The van der Waals surface area contributed by atoms with Crippen molar-refractivity contribution in [2.24, 2.45) is 0 Å². The average molecular weight is 917 g/mol. The number of fused-ring (bicyclic) bond motifs is 1. The number of benzene rings is 3. The number of rotatable bonds is 12. The molecule has 3 aromatic rings. The Bertz CT molecular complexity index is 2290. The molecule has 2 heterocycles. The summed E-state index contributed by atoms with van der Waals surface area (Å²) in [6, 6.07) is 14.9. The Morgan fingerprint density at radius 1 is 1.03 bits per heavy atom. The molecule has 2 unspecified atom stereocenters. The third kappa shape index (κ3) is 13.5. The number of methoxy groups -OCH3 is 1. The second kappa shape index (κ2) is 21.2. The molecular weight excluding hydrogens is 866 g/mol. The first kappa shape index (κ1) is 50.1. The van der Waals surface area contributed by atoms with Crippen LogP contribution in [-0.4, -0.2) is 89.8 Å². The van der Waals surface area contributed by atoms with Gasteiger partial charge in [-0.15, -0.1) is 6.42 Å². The average Bonchev–Trinajstić information content (AvgIpc) is 3.47. The number of terminal acetylenes is 1. The number of anilines is 2. The van der Waals surface area contributed by atoms with Crippen molar-refractivity contribution >= 4 is 54.4 Å². The minimum absolute atomic E-state index is 0.0233. The highest BCUT2D eigenvalue weighted by Crippen LogP contribution is 2.47. The number of ether oxygens (including phenoxy) is 4. The topological polar surface area (TPSA) is 223 Å². The van der Waals surface area contributed by atoms with Gasteiger partial charge >= 0.3 is 19.6 Å². The van der Waals surface area contributed by atoms with Crippen LogP contribution in [0.15, 0.2) is 65.7 Å². The molecule has 2 aliphatic heterocycles. The molecule has 17 nitrogen and oxygen atoms in total. The third-order valence-corrected chi connectivity index (χ3v) is 10.8. The zero-order chi connectivity index (χ0) is 46.9. The predicted molar refractivity (Wildman–Crippen MR) is 231 cm³/mol. The van der Waals surface area contributed by atoms with Crippen LogP contribution in [0.25, 0.3) is 0 Å². The van der Waals surface area contributed by atoms with Crippen LogP contribution >= 0.6 is 19.2 Å². The standard InChI is InChI=1S/C22H28N2O5.C18H15ClFNO3.C3H8NO5P/c1-21(2)14-22(3,26-5)29-19-13-17(11-12-18(19)21)28-16-9-7-15(8-10-16)23-20(25)24(4)27-6;1-3-10(2)24-16-9-15(14(20)8-13(16)19)21-17(22)11-6-4-5-7-12(11)18(21)23;5-3(6)1-4-2-10(7,8)9/h7-13H,14H2,1-6H3,(H,23,25);1,8-10H,4-7H2,2H3;4H,1-2H2,(H,5,6)(H2,7,8,9). The Morgan fingerprint density at radius 3 is 2.17 bits per heavy atom. The van der Waals surface area contributed by atoms with E-state index in [9.17, 15) is 28.1 Å². The van der Waals surface area contributed by atoms with E-state index in [1.165, 1.54) is 20.2 Å². The second-order valence-electron chi connectivity index (χ2n) is 15.3. The Morgan fingerprint density at radius 2 is 1.63 bits per heavy atom. The van der Waals surface area contributed by atoms with E-state index in [4.69, 9.17) is 56.7 Å². The summed E-state index contributed by atoms with van der Waals surface area (Å²) < 4.78 is 47.5. The van der Waals surface area contributed by atoms with E-state index >= 15 is 0 Å². The first-order valence-corrected chi connectivity index (χ1v) is 21.6. The quantitative estimate of drug-likeness (QED) is 0.0519. The summed E-state index contributed by atoms with van der Waals surface area (Å²) in [5.41, 5.74) is 2.49. The number of carbonyl (C=O) groups is 4. The summed E-state index contributed by atoms with van der Waals surface area (Å²) in [5.74, 6) is 1.05. The van der Waals surface area contributed by atoms with Crippen LogP contribution in [0.3, 0.4) is 0 Å². The molecule has 5 N–H and O–H groups in total. The van der Waals surface area contributed by atoms with Crippen molar-refractivity contribution in [1.29, 1.82) is 0 Å². The molecule has 0 saturated heterocycles. The van der Waals surface area contributed by atoms with Crippen LogP contribution in [0.5, 0.6) is 23.0 Å². The molecule has 0 saturated carbocycles. The molecule has 3 aliphatic rings. The van der Waals surface area contributed by atoms with Crippen molar-refractivity contribution in [2.75, 3.05) is 44.3 Å². The van der Waals surface area contributed by atoms with Crippen LogP contribution in [0.4, 0.5) is 20.6 Å². The van der Waals surface area contributed by atoms with E-state index < -0.39 is 55.9 Å². The fourth-order valence-corrected chi connectivity index (χ4v) is 7.39. The van der Waals surface area contributed by atoms with Crippen LogP contribution in [-0.2, 0) is 33.9 Å². The molecule has 1 aliphatic carbocycles. The van der Waals surface area contributed by atoms with Gasteiger partial charge in [-0.1, -0.05) is 37.4 Å². The molecule has 20 heteroatoms. The number of hydrogen-bond donors (Lipinski definition) is 5. The molecule has 0 aromatic heterocycles. The fraction of sp³-hybridized carbons (Fsp3) is 0.395. The van der Waals surface area contributed by atoms with Crippen molar-refractivity contribution in [1.82, 2.24) is 10.4 Å². The largest absolute Gasteiger partial charge is 0.480 e. The van der Waals surface area contributed by atoms with Gasteiger partial charge in [0, 0.05) is 62.0 Å². The van der Waals surface area contributed by atoms with Gasteiger partial charge in [-0.3, -0.25) is 29.1 Å². The van der Waals surface area contributed by atoms with Gasteiger partial charge in [0.1, 0.15) is 28.8 Å². The van der Waals surface area contributed by atoms with E-state index in [1.54, 1.807) is 38.3 Å². The zero-order valence-corrected chi connectivity index (χ0v) is 37.5. The zero-order valence-electron chi connectivity index (χ0n) is 35.8. The lowest BCUT2D eigenvalue weighted by molar-refractivity contribution is -0.172. The van der Waals surface area contributed by atoms with Crippen molar-refractivity contribution in [3.05, 3.63) is 82.1 Å². The molecule has 0 radical (unpaired) electrons. The number of carboxylic acids is 1. The maximum absolute atomic E-state index is 14.4. The van der Waals surface area contributed by atoms with Crippen LogP contribution in [0.2, 0.25) is 5.02 Å². The molecule has 340 valence electrons. The lowest BCUT2D eigenvalue weighted by Gasteiger charge is -2.43. The third-order valence-electron chi connectivity index (χ3n) is 9.87. The van der Waals surface area contributed by atoms with Gasteiger partial charge in [0.2, 0.25) is 5.79 Å². The van der Waals surface area contributed by atoms with Gasteiger partial charge in [0.15, 0.2) is 6.10 Å². The first-order valence-electron chi connectivity index (χ1n) is 19.5. The van der Waals surface area contributed by atoms with Crippen molar-refractivity contribution in [3.63, 3.8) is 0 Å². The molecule has 3 aromatic carbocycles. The van der Waals surface area contributed by atoms with Gasteiger partial charge in [0.05, 0.1) is 30.7 Å². The Kier molecular flexibility index (Phi) is 16.9. The maximum Gasteiger partial charge on any atom is 0.345 e. The SMILES string of the molecule is C#CC(C)Oc1cc(N2C(=O)C3=C(CCCC3)C2=O)c(F)cc1Cl.CON(C)C(=O)Nc1ccc(Oc2ccc3c(c2)OC(C)(OC)CC3(C)C)cc1.O=C(O)CNCP(=O)(O)O. The smallest absolute Gasteiger partial charge is 0.345 e. The lowest BCUT2D eigenvalue weighted by Crippen LogP contribution is -2.45. The molecule has 4 amide bonds. The van der Waals surface area contributed by atoms with E-state index in [1.807, 2.05) is 25.1 Å².